The van der Waals surface area contributed by atoms with Gasteiger partial charge in [-0.15, -0.1) is 16.8 Å². The van der Waals surface area contributed by atoms with E-state index in [1.807, 2.05) is 38.1 Å². The molecule has 28 heavy (non-hydrogen) atoms. The van der Waals surface area contributed by atoms with Crippen molar-refractivity contribution in [3.05, 3.63) is 47.8 Å². The molecule has 0 bridgehead atoms. The van der Waals surface area contributed by atoms with Crippen molar-refractivity contribution in [2.45, 2.75) is 50.7 Å². The number of aromatic nitrogens is 3. The number of hydrogen-bond donors (Lipinski definition) is 0. The van der Waals surface area contributed by atoms with Crippen LogP contribution in [-0.4, -0.2) is 33.0 Å². The number of aryl methyl sites for hydroxylation is 2. The van der Waals surface area contributed by atoms with E-state index in [1.54, 1.807) is 4.90 Å². The van der Waals surface area contributed by atoms with Crippen LogP contribution in [0.15, 0.2) is 36.0 Å². The third-order valence-electron chi connectivity index (χ3n) is 4.87. The molecule has 6 nitrogen and oxygen atoms in total. The van der Waals surface area contributed by atoms with Crippen LogP contribution in [0.2, 0.25) is 0 Å². The second-order valence-electron chi connectivity index (χ2n) is 7.03. The van der Waals surface area contributed by atoms with Crippen molar-refractivity contribution < 1.29 is 4.79 Å². The Morgan fingerprint density at radius 3 is 2.82 bits per heavy atom. The molecule has 7 heteroatoms. The highest BCUT2D eigenvalue weighted by Gasteiger charge is 2.30. The van der Waals surface area contributed by atoms with E-state index < -0.39 is 0 Å². The van der Waals surface area contributed by atoms with E-state index >= 15 is 0 Å². The number of amides is 1. The minimum absolute atomic E-state index is 0.0374. The summed E-state index contributed by atoms with van der Waals surface area (Å²) >= 11 is 1.39. The first-order valence-corrected chi connectivity index (χ1v) is 10.4. The Labute approximate surface area is 170 Å². The molecule has 0 atom stereocenters. The lowest BCUT2D eigenvalue weighted by Crippen LogP contribution is -2.33. The van der Waals surface area contributed by atoms with Crippen molar-refractivity contribution in [1.29, 1.82) is 5.26 Å². The molecule has 0 aliphatic heterocycles. The molecule has 1 aromatic heterocycles. The monoisotopic (exact) mass is 395 g/mol. The van der Waals surface area contributed by atoms with Gasteiger partial charge < -0.3 is 9.47 Å². The second-order valence-corrected chi connectivity index (χ2v) is 7.97. The van der Waals surface area contributed by atoms with Crippen molar-refractivity contribution in [1.82, 2.24) is 14.8 Å². The average molecular weight is 396 g/mol. The van der Waals surface area contributed by atoms with Crippen LogP contribution in [0.5, 0.6) is 0 Å². The van der Waals surface area contributed by atoms with Gasteiger partial charge >= 0.3 is 0 Å². The Kier molecular flexibility index (Phi) is 6.53. The number of rotatable bonds is 9. The standard InChI is InChI=1S/C21H25N5OS/c1-4-11-26-20(17-7-8-17)23-24-21(26)28-14-19(27)25(12-5-10-22)18-9-6-15(2)16(3)13-18/h4,6,9,13,17H,1,5,7-8,11-12,14H2,2-3H3. The van der Waals surface area contributed by atoms with Crippen molar-refractivity contribution in [3.8, 4) is 6.07 Å². The van der Waals surface area contributed by atoms with Crippen LogP contribution in [0.3, 0.4) is 0 Å². The smallest absolute Gasteiger partial charge is 0.237 e. The predicted molar refractivity (Wildman–Crippen MR) is 111 cm³/mol. The Bertz CT molecular complexity index is 910. The number of nitriles is 1. The van der Waals surface area contributed by atoms with E-state index in [2.05, 4.69) is 27.4 Å². The summed E-state index contributed by atoms with van der Waals surface area (Å²) in [6, 6.07) is 8.08. The number of nitrogens with zero attached hydrogens (tertiary/aromatic N) is 5. The molecule has 1 heterocycles. The zero-order valence-electron chi connectivity index (χ0n) is 16.4. The predicted octanol–water partition coefficient (Wildman–Crippen LogP) is 4.00. The quantitative estimate of drug-likeness (QED) is 0.474. The Morgan fingerprint density at radius 1 is 1.39 bits per heavy atom. The first-order valence-electron chi connectivity index (χ1n) is 9.46. The van der Waals surface area contributed by atoms with E-state index in [0.717, 1.165) is 35.1 Å². The molecular formula is C21H25N5OS. The largest absolute Gasteiger partial charge is 0.311 e. The average Bonchev–Trinajstić information content (AvgIpc) is 3.45. The Hall–Kier alpha value is -2.59. The summed E-state index contributed by atoms with van der Waals surface area (Å²) in [7, 11) is 0. The van der Waals surface area contributed by atoms with Crippen molar-refractivity contribution in [2.24, 2.45) is 0 Å². The zero-order valence-corrected chi connectivity index (χ0v) is 17.2. The van der Waals surface area contributed by atoms with E-state index in [4.69, 9.17) is 5.26 Å². The van der Waals surface area contributed by atoms with Crippen LogP contribution in [-0.2, 0) is 11.3 Å². The lowest BCUT2D eigenvalue weighted by molar-refractivity contribution is -0.116. The number of hydrogen-bond acceptors (Lipinski definition) is 5. The van der Waals surface area contributed by atoms with Crippen molar-refractivity contribution >= 4 is 23.4 Å². The van der Waals surface area contributed by atoms with Crippen LogP contribution in [0.25, 0.3) is 0 Å². The number of benzene rings is 1. The lowest BCUT2D eigenvalue weighted by Gasteiger charge is -2.22. The molecule has 0 N–H and O–H groups in total. The Balaban J connectivity index is 1.74. The highest BCUT2D eigenvalue weighted by Crippen LogP contribution is 2.40. The maximum absolute atomic E-state index is 13.0. The van der Waals surface area contributed by atoms with Crippen molar-refractivity contribution in [3.63, 3.8) is 0 Å². The van der Waals surface area contributed by atoms with Gasteiger partial charge in [-0.1, -0.05) is 23.9 Å². The second kappa shape index (κ2) is 9.07. The van der Waals surface area contributed by atoms with Gasteiger partial charge in [0, 0.05) is 24.7 Å². The van der Waals surface area contributed by atoms with E-state index in [1.165, 1.54) is 17.3 Å². The third kappa shape index (κ3) is 4.63. The van der Waals surface area contributed by atoms with Crippen LogP contribution in [0.1, 0.15) is 42.1 Å². The SMILES string of the molecule is C=CCn1c(SCC(=O)N(CCC#N)c2ccc(C)c(C)c2)nnc1C1CC1. The molecule has 0 unspecified atom stereocenters. The highest BCUT2D eigenvalue weighted by atomic mass is 32.2. The van der Waals surface area contributed by atoms with Crippen LogP contribution in [0, 0.1) is 25.2 Å². The molecule has 1 saturated carbocycles. The first-order chi connectivity index (χ1) is 13.5. The molecule has 2 aromatic rings. The zero-order chi connectivity index (χ0) is 20.1. The topological polar surface area (TPSA) is 74.8 Å². The van der Waals surface area contributed by atoms with Crippen LogP contribution >= 0.6 is 11.8 Å². The fraction of sp³-hybridized carbons (Fsp3) is 0.429. The van der Waals surface area contributed by atoms with Crippen LogP contribution < -0.4 is 4.90 Å². The van der Waals surface area contributed by atoms with Crippen LogP contribution in [0.4, 0.5) is 5.69 Å². The molecule has 3 rings (SSSR count). The molecule has 0 radical (unpaired) electrons. The summed E-state index contributed by atoms with van der Waals surface area (Å²) in [5.74, 6) is 1.69. The fourth-order valence-corrected chi connectivity index (χ4v) is 3.84. The van der Waals surface area contributed by atoms with Gasteiger partial charge in [0.05, 0.1) is 18.2 Å². The molecule has 1 aromatic carbocycles. The minimum atomic E-state index is -0.0374. The highest BCUT2D eigenvalue weighted by molar-refractivity contribution is 7.99. The van der Waals surface area contributed by atoms with Gasteiger partial charge in [-0.2, -0.15) is 5.26 Å². The molecule has 1 fully saturated rings. The number of thioether (sulfide) groups is 1. The summed E-state index contributed by atoms with van der Waals surface area (Å²) in [6.07, 6.45) is 4.42. The molecule has 1 aliphatic rings. The lowest BCUT2D eigenvalue weighted by atomic mass is 10.1. The summed E-state index contributed by atoms with van der Waals surface area (Å²) < 4.78 is 2.05. The van der Waals surface area contributed by atoms with E-state index in [-0.39, 0.29) is 11.7 Å². The van der Waals surface area contributed by atoms with Gasteiger partial charge in [-0.3, -0.25) is 4.79 Å². The molecule has 1 amide bonds. The normalized spacial score (nSPS) is 13.2. The van der Waals surface area contributed by atoms with Crippen molar-refractivity contribution in [2.75, 3.05) is 17.2 Å². The summed E-state index contributed by atoms with van der Waals surface area (Å²) in [5.41, 5.74) is 3.13. The van der Waals surface area contributed by atoms with Gasteiger partial charge in [0.2, 0.25) is 5.91 Å². The number of carbonyl (C=O) groups excluding carboxylic acids is 1. The number of anilines is 1. The molecular weight excluding hydrogens is 370 g/mol. The number of allylic oxidation sites excluding steroid dienone is 1. The summed E-state index contributed by atoms with van der Waals surface area (Å²) in [4.78, 5) is 14.7. The molecule has 146 valence electrons. The van der Waals surface area contributed by atoms with Gasteiger partial charge in [-0.25, -0.2) is 0 Å². The summed E-state index contributed by atoms with van der Waals surface area (Å²) in [6.45, 7) is 8.91. The molecule has 0 spiro atoms. The third-order valence-corrected chi connectivity index (χ3v) is 5.83. The maximum Gasteiger partial charge on any atom is 0.237 e. The maximum atomic E-state index is 13.0. The molecule has 0 saturated heterocycles. The van der Waals surface area contributed by atoms with Gasteiger partial charge in [-0.05, 0) is 49.9 Å². The first kappa shape index (κ1) is 20.2. The van der Waals surface area contributed by atoms with E-state index in [9.17, 15) is 4.79 Å². The van der Waals surface area contributed by atoms with Gasteiger partial charge in [0.15, 0.2) is 5.16 Å². The minimum Gasteiger partial charge on any atom is -0.311 e. The van der Waals surface area contributed by atoms with Gasteiger partial charge in [0.1, 0.15) is 5.82 Å². The molecule has 1 aliphatic carbocycles. The summed E-state index contributed by atoms with van der Waals surface area (Å²) in [5, 5.41) is 18.3. The number of carbonyl (C=O) groups is 1. The van der Waals surface area contributed by atoms with Gasteiger partial charge in [0.25, 0.3) is 0 Å². The fourth-order valence-electron chi connectivity index (χ4n) is 3.01. The Morgan fingerprint density at radius 2 is 2.18 bits per heavy atom. The van der Waals surface area contributed by atoms with E-state index in [0.29, 0.717) is 25.4 Å².